The molecule has 2 aromatic carbocycles. The normalized spacial score (nSPS) is 11.7. The van der Waals surface area contributed by atoms with Crippen LogP contribution in [0.15, 0.2) is 42.5 Å². The number of benzene rings is 2. The van der Waals surface area contributed by atoms with E-state index < -0.39 is 20.0 Å². The van der Waals surface area contributed by atoms with E-state index in [0.29, 0.717) is 22.7 Å². The van der Waals surface area contributed by atoms with Crippen molar-refractivity contribution in [3.8, 4) is 0 Å². The van der Waals surface area contributed by atoms with Gasteiger partial charge in [-0.3, -0.25) is 9.44 Å². The van der Waals surface area contributed by atoms with Crippen LogP contribution in [0, 0.1) is 0 Å². The highest BCUT2D eigenvalue weighted by Gasteiger charge is 2.12. The molecule has 10 heteroatoms. The summed E-state index contributed by atoms with van der Waals surface area (Å²) in [5, 5.41) is 3.16. The molecule has 0 heterocycles. The molecule has 0 aliphatic heterocycles. The van der Waals surface area contributed by atoms with Gasteiger partial charge in [-0.1, -0.05) is 0 Å². The second kappa shape index (κ2) is 8.70. The molecule has 0 aliphatic rings. The van der Waals surface area contributed by atoms with E-state index in [1.165, 1.54) is 0 Å². The molecule has 154 valence electrons. The number of hydrogen-bond donors (Lipinski definition) is 3. The third kappa shape index (κ3) is 6.61. The minimum atomic E-state index is -3.46. The van der Waals surface area contributed by atoms with Crippen LogP contribution >= 0.6 is 0 Å². The fraction of sp³-hybridized carbons (Fsp3) is 0.333. The molecule has 0 unspecified atom stereocenters. The Morgan fingerprint density at radius 1 is 0.750 bits per heavy atom. The fourth-order valence-corrected chi connectivity index (χ4v) is 3.83. The van der Waals surface area contributed by atoms with Crippen molar-refractivity contribution in [1.82, 2.24) is 0 Å². The van der Waals surface area contributed by atoms with E-state index >= 15 is 0 Å². The SMILES string of the molecule is CCN(CC)c1ccc(Nc2ccc(NS(C)(=O)=O)cc2)c(NS(C)(=O)=O)c1. The molecule has 0 aliphatic carbocycles. The van der Waals surface area contributed by atoms with E-state index in [9.17, 15) is 16.8 Å². The van der Waals surface area contributed by atoms with Gasteiger partial charge in [0.1, 0.15) is 0 Å². The molecule has 0 spiro atoms. The number of nitrogens with one attached hydrogen (secondary N) is 3. The Morgan fingerprint density at radius 3 is 1.79 bits per heavy atom. The van der Waals surface area contributed by atoms with Gasteiger partial charge in [0, 0.05) is 30.2 Å². The van der Waals surface area contributed by atoms with Crippen molar-refractivity contribution in [2.24, 2.45) is 0 Å². The van der Waals surface area contributed by atoms with Gasteiger partial charge in [-0.25, -0.2) is 16.8 Å². The van der Waals surface area contributed by atoms with Crippen molar-refractivity contribution >= 4 is 48.5 Å². The van der Waals surface area contributed by atoms with Crippen LogP contribution in [0.1, 0.15) is 13.8 Å². The van der Waals surface area contributed by atoms with Crippen LogP contribution < -0.4 is 19.7 Å². The molecule has 0 radical (unpaired) electrons. The smallest absolute Gasteiger partial charge is 0.229 e. The molecule has 0 bridgehead atoms. The molecular weight excluding hydrogens is 400 g/mol. The van der Waals surface area contributed by atoms with Crippen LogP contribution in [0.2, 0.25) is 0 Å². The van der Waals surface area contributed by atoms with Crippen LogP contribution in [0.3, 0.4) is 0 Å². The van der Waals surface area contributed by atoms with E-state index in [2.05, 4.69) is 19.7 Å². The van der Waals surface area contributed by atoms with E-state index in [4.69, 9.17) is 0 Å². The summed E-state index contributed by atoms with van der Waals surface area (Å²) in [5.41, 5.74) is 3.07. The Labute approximate surface area is 167 Å². The zero-order valence-corrected chi connectivity index (χ0v) is 18.0. The average molecular weight is 427 g/mol. The predicted molar refractivity (Wildman–Crippen MR) is 117 cm³/mol. The molecule has 3 N–H and O–H groups in total. The van der Waals surface area contributed by atoms with E-state index in [0.717, 1.165) is 31.3 Å². The third-order valence-corrected chi connectivity index (χ3v) is 5.09. The Balaban J connectivity index is 2.33. The number of sulfonamides is 2. The van der Waals surface area contributed by atoms with Crippen molar-refractivity contribution in [3.63, 3.8) is 0 Å². The molecular formula is C18H26N4O4S2. The number of nitrogens with zero attached hydrogens (tertiary/aromatic N) is 1. The van der Waals surface area contributed by atoms with Gasteiger partial charge in [0.25, 0.3) is 0 Å². The largest absolute Gasteiger partial charge is 0.372 e. The molecule has 28 heavy (non-hydrogen) atoms. The lowest BCUT2D eigenvalue weighted by Gasteiger charge is -2.23. The van der Waals surface area contributed by atoms with Gasteiger partial charge in [0.15, 0.2) is 0 Å². The molecule has 0 saturated heterocycles. The lowest BCUT2D eigenvalue weighted by molar-refractivity contribution is 0.605. The van der Waals surface area contributed by atoms with Gasteiger partial charge in [-0.05, 0) is 56.3 Å². The highest BCUT2D eigenvalue weighted by molar-refractivity contribution is 7.92. The van der Waals surface area contributed by atoms with Crippen LogP contribution in [-0.2, 0) is 20.0 Å². The van der Waals surface area contributed by atoms with Gasteiger partial charge in [0.05, 0.1) is 23.9 Å². The monoisotopic (exact) mass is 426 g/mol. The van der Waals surface area contributed by atoms with Crippen LogP contribution in [0.5, 0.6) is 0 Å². The van der Waals surface area contributed by atoms with Gasteiger partial charge in [-0.2, -0.15) is 0 Å². The van der Waals surface area contributed by atoms with Crippen molar-refractivity contribution in [2.45, 2.75) is 13.8 Å². The minimum absolute atomic E-state index is 0.435. The summed E-state index contributed by atoms with van der Waals surface area (Å²) in [6.07, 6.45) is 2.19. The summed E-state index contributed by atoms with van der Waals surface area (Å²) in [6, 6.07) is 12.2. The van der Waals surface area contributed by atoms with Crippen LogP contribution in [0.4, 0.5) is 28.4 Å². The van der Waals surface area contributed by atoms with Crippen LogP contribution in [-0.4, -0.2) is 42.4 Å². The molecule has 0 fully saturated rings. The quantitative estimate of drug-likeness (QED) is 0.569. The third-order valence-electron chi connectivity index (χ3n) is 3.89. The highest BCUT2D eigenvalue weighted by atomic mass is 32.2. The lowest BCUT2D eigenvalue weighted by atomic mass is 10.2. The molecule has 8 nitrogen and oxygen atoms in total. The maximum Gasteiger partial charge on any atom is 0.229 e. The first-order chi connectivity index (χ1) is 13.0. The summed E-state index contributed by atoms with van der Waals surface area (Å²) in [7, 11) is -6.81. The van der Waals surface area contributed by atoms with Crippen molar-refractivity contribution in [2.75, 3.05) is 45.3 Å². The zero-order valence-electron chi connectivity index (χ0n) is 16.4. The van der Waals surface area contributed by atoms with Gasteiger partial charge >= 0.3 is 0 Å². The molecule has 0 aromatic heterocycles. The van der Waals surface area contributed by atoms with Crippen molar-refractivity contribution in [3.05, 3.63) is 42.5 Å². The summed E-state index contributed by atoms with van der Waals surface area (Å²) in [5.74, 6) is 0. The Morgan fingerprint density at radius 2 is 1.29 bits per heavy atom. The van der Waals surface area contributed by atoms with Crippen molar-refractivity contribution in [1.29, 1.82) is 0 Å². The highest BCUT2D eigenvalue weighted by Crippen LogP contribution is 2.31. The summed E-state index contributed by atoms with van der Waals surface area (Å²) in [4.78, 5) is 2.11. The average Bonchev–Trinajstić information content (AvgIpc) is 2.57. The molecule has 0 amide bonds. The minimum Gasteiger partial charge on any atom is -0.372 e. The summed E-state index contributed by atoms with van der Waals surface area (Å²) < 4.78 is 51.1. The zero-order chi connectivity index (χ0) is 20.9. The lowest BCUT2D eigenvalue weighted by Crippen LogP contribution is -2.22. The van der Waals surface area contributed by atoms with E-state index in [-0.39, 0.29) is 0 Å². The topological polar surface area (TPSA) is 108 Å². The maximum atomic E-state index is 11.8. The Bertz CT molecular complexity index is 1020. The van der Waals surface area contributed by atoms with Crippen molar-refractivity contribution < 1.29 is 16.8 Å². The summed E-state index contributed by atoms with van der Waals surface area (Å²) >= 11 is 0. The van der Waals surface area contributed by atoms with Gasteiger partial charge < -0.3 is 10.2 Å². The standard InChI is InChI=1S/C18H26N4O4S2/c1-5-22(6-2)16-11-12-17(18(13-16)21-28(4,25)26)19-14-7-9-15(10-8-14)20-27(3,23)24/h7-13,19-21H,5-6H2,1-4H3. The predicted octanol–water partition coefficient (Wildman–Crippen LogP) is 3.02. The first kappa shape index (κ1) is 21.8. The molecule has 2 aromatic rings. The van der Waals surface area contributed by atoms with Crippen LogP contribution in [0.25, 0.3) is 0 Å². The molecule has 2 rings (SSSR count). The first-order valence-corrected chi connectivity index (χ1v) is 12.5. The fourth-order valence-electron chi connectivity index (χ4n) is 2.70. The number of anilines is 5. The first-order valence-electron chi connectivity index (χ1n) is 8.72. The van der Waals surface area contributed by atoms with Gasteiger partial charge in [-0.15, -0.1) is 0 Å². The van der Waals surface area contributed by atoms with Gasteiger partial charge in [0.2, 0.25) is 20.0 Å². The summed E-state index contributed by atoms with van der Waals surface area (Å²) in [6.45, 7) is 5.67. The molecule has 0 saturated carbocycles. The second-order valence-electron chi connectivity index (χ2n) is 6.35. The van der Waals surface area contributed by atoms with E-state index in [1.807, 2.05) is 26.0 Å². The Kier molecular flexibility index (Phi) is 6.78. The maximum absolute atomic E-state index is 11.8. The number of hydrogen-bond acceptors (Lipinski definition) is 6. The number of rotatable bonds is 9. The van der Waals surface area contributed by atoms with E-state index in [1.54, 1.807) is 30.3 Å². The second-order valence-corrected chi connectivity index (χ2v) is 9.85. The molecule has 0 atom stereocenters. The Hall–Kier alpha value is -2.46.